The smallest absolute Gasteiger partial charge is 0.115 e. The molecule has 2 heterocycles. The summed E-state index contributed by atoms with van der Waals surface area (Å²) in [7, 11) is 0. The van der Waals surface area contributed by atoms with Gasteiger partial charge in [-0.3, -0.25) is 0 Å². The zero-order chi connectivity index (χ0) is 12.8. The van der Waals surface area contributed by atoms with Crippen molar-refractivity contribution < 1.29 is 5.11 Å². The molecule has 4 rings (SSSR count). The highest BCUT2D eigenvalue weighted by Gasteiger charge is 2.21. The van der Waals surface area contributed by atoms with Crippen molar-refractivity contribution in [3.05, 3.63) is 56.6 Å². The second-order valence-electron chi connectivity index (χ2n) is 5.04. The van der Waals surface area contributed by atoms with Crippen molar-refractivity contribution in [1.82, 2.24) is 0 Å². The molecule has 0 radical (unpaired) electrons. The van der Waals surface area contributed by atoms with Gasteiger partial charge in [-0.05, 0) is 47.7 Å². The van der Waals surface area contributed by atoms with Crippen LogP contribution in [0.15, 0.2) is 35.7 Å². The van der Waals surface area contributed by atoms with Gasteiger partial charge in [-0.15, -0.1) is 22.7 Å². The fourth-order valence-electron chi connectivity index (χ4n) is 2.87. The van der Waals surface area contributed by atoms with E-state index < -0.39 is 6.10 Å². The van der Waals surface area contributed by atoms with E-state index in [0.717, 1.165) is 10.4 Å². The van der Waals surface area contributed by atoms with Crippen molar-refractivity contribution in [2.24, 2.45) is 0 Å². The molecular weight excluding hydrogens is 272 g/mol. The SMILES string of the molecule is OC(c1cc2c(s1)CCC2)c1cccc2ccsc12. The van der Waals surface area contributed by atoms with Crippen LogP contribution < -0.4 is 0 Å². The lowest BCUT2D eigenvalue weighted by Crippen LogP contribution is -1.97. The van der Waals surface area contributed by atoms with Crippen LogP contribution in [0.3, 0.4) is 0 Å². The fraction of sp³-hybridized carbons (Fsp3) is 0.250. The molecule has 3 aromatic rings. The normalized spacial score (nSPS) is 15.8. The van der Waals surface area contributed by atoms with E-state index in [1.54, 1.807) is 22.7 Å². The number of hydrogen-bond donors (Lipinski definition) is 1. The highest BCUT2D eigenvalue weighted by atomic mass is 32.1. The summed E-state index contributed by atoms with van der Waals surface area (Å²) in [6, 6.07) is 10.5. The fourth-order valence-corrected chi connectivity index (χ4v) is 5.07. The molecule has 3 heteroatoms. The van der Waals surface area contributed by atoms with E-state index in [-0.39, 0.29) is 0 Å². The van der Waals surface area contributed by atoms with E-state index in [2.05, 4.69) is 23.6 Å². The topological polar surface area (TPSA) is 20.2 Å². The van der Waals surface area contributed by atoms with Crippen molar-refractivity contribution in [2.45, 2.75) is 25.4 Å². The Kier molecular flexibility index (Phi) is 2.72. The summed E-state index contributed by atoms with van der Waals surface area (Å²) in [5.74, 6) is 0. The number of thiophene rings is 2. The first kappa shape index (κ1) is 11.6. The molecule has 0 amide bonds. The van der Waals surface area contributed by atoms with Gasteiger partial charge in [0.05, 0.1) is 0 Å². The molecule has 0 aliphatic heterocycles. The average Bonchev–Trinajstić information content (AvgIpc) is 3.11. The first-order valence-corrected chi connectivity index (χ1v) is 8.28. The minimum Gasteiger partial charge on any atom is -0.383 e. The van der Waals surface area contributed by atoms with Crippen LogP contribution in [0.25, 0.3) is 10.1 Å². The average molecular weight is 286 g/mol. The molecule has 1 atom stereocenters. The summed E-state index contributed by atoms with van der Waals surface area (Å²) in [4.78, 5) is 2.58. The Balaban J connectivity index is 1.80. The Morgan fingerprint density at radius 1 is 1.16 bits per heavy atom. The largest absolute Gasteiger partial charge is 0.383 e. The number of benzene rings is 1. The monoisotopic (exact) mass is 286 g/mol. The van der Waals surface area contributed by atoms with E-state index in [1.807, 2.05) is 12.1 Å². The van der Waals surface area contributed by atoms with Gasteiger partial charge in [-0.2, -0.15) is 0 Å². The molecule has 1 aliphatic rings. The van der Waals surface area contributed by atoms with E-state index in [9.17, 15) is 5.11 Å². The number of hydrogen-bond acceptors (Lipinski definition) is 3. The lowest BCUT2D eigenvalue weighted by atomic mass is 10.1. The molecule has 0 spiro atoms. The van der Waals surface area contributed by atoms with Gasteiger partial charge in [0.2, 0.25) is 0 Å². The second-order valence-corrected chi connectivity index (χ2v) is 7.12. The zero-order valence-electron chi connectivity index (χ0n) is 10.4. The third kappa shape index (κ3) is 1.84. The number of aliphatic hydroxyl groups is 1. The van der Waals surface area contributed by atoms with E-state index in [1.165, 1.54) is 39.8 Å². The second kappa shape index (κ2) is 4.44. The van der Waals surface area contributed by atoms with Crippen molar-refractivity contribution in [2.75, 3.05) is 0 Å². The summed E-state index contributed by atoms with van der Waals surface area (Å²) in [5.41, 5.74) is 2.50. The Morgan fingerprint density at radius 2 is 2.11 bits per heavy atom. The Labute approximate surface area is 120 Å². The maximum Gasteiger partial charge on any atom is 0.115 e. The summed E-state index contributed by atoms with van der Waals surface area (Å²) in [5, 5.41) is 14.0. The van der Waals surface area contributed by atoms with E-state index in [0.29, 0.717) is 0 Å². The minimum atomic E-state index is -0.474. The number of rotatable bonds is 2. The van der Waals surface area contributed by atoms with Gasteiger partial charge >= 0.3 is 0 Å². The van der Waals surface area contributed by atoms with Crippen LogP contribution in [0.4, 0.5) is 0 Å². The van der Waals surface area contributed by atoms with Gasteiger partial charge in [-0.1, -0.05) is 18.2 Å². The van der Waals surface area contributed by atoms with Crippen LogP contribution in [-0.4, -0.2) is 5.11 Å². The summed E-state index contributed by atoms with van der Waals surface area (Å²) < 4.78 is 1.21. The third-order valence-corrected chi connectivity index (χ3v) is 6.11. The van der Waals surface area contributed by atoms with Crippen LogP contribution in [0, 0.1) is 0 Å². The predicted molar refractivity (Wildman–Crippen MR) is 82.2 cm³/mol. The predicted octanol–water partition coefficient (Wildman–Crippen LogP) is 4.53. The van der Waals surface area contributed by atoms with Crippen LogP contribution in [-0.2, 0) is 12.8 Å². The Bertz CT molecular complexity index is 717. The zero-order valence-corrected chi connectivity index (χ0v) is 12.1. The molecule has 96 valence electrons. The van der Waals surface area contributed by atoms with Crippen LogP contribution >= 0.6 is 22.7 Å². The van der Waals surface area contributed by atoms with Gasteiger partial charge in [0.25, 0.3) is 0 Å². The highest BCUT2D eigenvalue weighted by molar-refractivity contribution is 7.17. The first-order valence-electron chi connectivity index (χ1n) is 6.58. The van der Waals surface area contributed by atoms with Crippen molar-refractivity contribution in [3.8, 4) is 0 Å². The lowest BCUT2D eigenvalue weighted by Gasteiger charge is -2.10. The van der Waals surface area contributed by atoms with Crippen molar-refractivity contribution in [3.63, 3.8) is 0 Å². The molecule has 0 saturated heterocycles. The maximum absolute atomic E-state index is 10.7. The lowest BCUT2D eigenvalue weighted by molar-refractivity contribution is 0.226. The van der Waals surface area contributed by atoms with Gasteiger partial charge in [0.1, 0.15) is 6.10 Å². The van der Waals surface area contributed by atoms with E-state index >= 15 is 0 Å². The molecule has 1 aromatic carbocycles. The molecule has 19 heavy (non-hydrogen) atoms. The quantitative estimate of drug-likeness (QED) is 0.733. The summed E-state index contributed by atoms with van der Waals surface area (Å²) in [6.45, 7) is 0. The molecular formula is C16H14OS2. The van der Waals surface area contributed by atoms with Gasteiger partial charge in [0.15, 0.2) is 0 Å². The first-order chi connectivity index (χ1) is 9.33. The number of aryl methyl sites for hydroxylation is 2. The molecule has 0 bridgehead atoms. The standard InChI is InChI=1S/C16H14OS2/c17-15(14-9-11-4-2-6-13(11)19-14)12-5-1-3-10-7-8-18-16(10)12/h1,3,5,7-9,15,17H,2,4,6H2. The molecule has 1 unspecified atom stereocenters. The van der Waals surface area contributed by atoms with Gasteiger partial charge in [0, 0.05) is 20.0 Å². The minimum absolute atomic E-state index is 0.474. The highest BCUT2D eigenvalue weighted by Crippen LogP contribution is 2.38. The van der Waals surface area contributed by atoms with Crippen LogP contribution in [0.5, 0.6) is 0 Å². The molecule has 2 aromatic heterocycles. The maximum atomic E-state index is 10.7. The van der Waals surface area contributed by atoms with Crippen molar-refractivity contribution >= 4 is 32.8 Å². The summed E-state index contributed by atoms with van der Waals surface area (Å²) in [6.07, 6.45) is 3.17. The third-order valence-electron chi connectivity index (χ3n) is 3.84. The molecule has 0 saturated carbocycles. The van der Waals surface area contributed by atoms with Gasteiger partial charge < -0.3 is 5.11 Å². The van der Waals surface area contributed by atoms with E-state index in [4.69, 9.17) is 0 Å². The molecule has 1 nitrogen and oxygen atoms in total. The number of aliphatic hydroxyl groups excluding tert-OH is 1. The van der Waals surface area contributed by atoms with Crippen molar-refractivity contribution in [1.29, 1.82) is 0 Å². The Morgan fingerprint density at radius 3 is 3.00 bits per heavy atom. The Hall–Kier alpha value is -1.16. The van der Waals surface area contributed by atoms with Crippen LogP contribution in [0.2, 0.25) is 0 Å². The summed E-state index contributed by atoms with van der Waals surface area (Å²) >= 11 is 3.50. The molecule has 1 N–H and O–H groups in total. The van der Waals surface area contributed by atoms with Crippen LogP contribution in [0.1, 0.15) is 33.4 Å². The molecule has 1 aliphatic carbocycles. The molecule has 0 fully saturated rings. The number of fused-ring (bicyclic) bond motifs is 2. The van der Waals surface area contributed by atoms with Gasteiger partial charge in [-0.25, -0.2) is 0 Å².